The molecule has 0 saturated heterocycles. The molecule has 1 aliphatic heterocycles. The van der Waals surface area contributed by atoms with Crippen LogP contribution in [0.4, 0.5) is 11.4 Å². The van der Waals surface area contributed by atoms with Crippen LogP contribution in [0.2, 0.25) is 0 Å². The van der Waals surface area contributed by atoms with Crippen molar-refractivity contribution in [3.63, 3.8) is 0 Å². The number of hydrogen-bond acceptors (Lipinski definition) is 5. The van der Waals surface area contributed by atoms with Gasteiger partial charge in [0.15, 0.2) is 0 Å². The number of rotatable bonds is 5. The van der Waals surface area contributed by atoms with Crippen molar-refractivity contribution in [1.29, 1.82) is 0 Å². The second-order valence-electron chi connectivity index (χ2n) is 4.98. The normalized spacial score (nSPS) is 13.0. The van der Waals surface area contributed by atoms with Crippen LogP contribution in [-0.4, -0.2) is 32.6 Å². The van der Waals surface area contributed by atoms with Crippen LogP contribution in [0, 0.1) is 0 Å². The van der Waals surface area contributed by atoms with Crippen LogP contribution < -0.4 is 19.7 Å². The third kappa shape index (κ3) is 2.59. The lowest BCUT2D eigenvalue weighted by molar-refractivity contribution is -0.114. The molecule has 1 heterocycles. The van der Waals surface area contributed by atoms with E-state index in [0.29, 0.717) is 28.4 Å². The van der Waals surface area contributed by atoms with Gasteiger partial charge in [-0.3, -0.25) is 14.5 Å². The number of ether oxygens (including phenoxy) is 2. The van der Waals surface area contributed by atoms with E-state index in [4.69, 9.17) is 9.47 Å². The standard InChI is InChI=1S/C17H16N2O4/c1-22-11-7-8-13(15(9-11)23-2)18-10-19-14-6-4-3-5-12(14)16(20)17(19)21/h3-9,18H,10H2,1-2H3. The van der Waals surface area contributed by atoms with Gasteiger partial charge in [-0.2, -0.15) is 0 Å². The average Bonchev–Trinajstić information content (AvgIpc) is 2.84. The molecular weight excluding hydrogens is 296 g/mol. The molecule has 2 aromatic carbocycles. The van der Waals surface area contributed by atoms with Gasteiger partial charge in [-0.15, -0.1) is 0 Å². The molecule has 2 aromatic rings. The van der Waals surface area contributed by atoms with Gasteiger partial charge < -0.3 is 14.8 Å². The highest BCUT2D eigenvalue weighted by molar-refractivity contribution is 6.52. The second kappa shape index (κ2) is 6.00. The summed E-state index contributed by atoms with van der Waals surface area (Å²) >= 11 is 0. The number of carbonyl (C=O) groups excluding carboxylic acids is 2. The zero-order valence-electron chi connectivity index (χ0n) is 12.8. The molecule has 0 saturated carbocycles. The minimum absolute atomic E-state index is 0.171. The Morgan fingerprint density at radius 2 is 1.83 bits per heavy atom. The Kier molecular flexibility index (Phi) is 3.89. The number of methoxy groups -OCH3 is 2. The number of fused-ring (bicyclic) bond motifs is 1. The van der Waals surface area contributed by atoms with Crippen molar-refractivity contribution in [1.82, 2.24) is 0 Å². The van der Waals surface area contributed by atoms with Gasteiger partial charge in [0, 0.05) is 6.07 Å². The first-order chi connectivity index (χ1) is 11.2. The topological polar surface area (TPSA) is 67.9 Å². The summed E-state index contributed by atoms with van der Waals surface area (Å²) in [7, 11) is 3.13. The van der Waals surface area contributed by atoms with E-state index < -0.39 is 11.7 Å². The van der Waals surface area contributed by atoms with E-state index in [0.717, 1.165) is 0 Å². The fourth-order valence-electron chi connectivity index (χ4n) is 2.51. The Morgan fingerprint density at radius 3 is 2.57 bits per heavy atom. The molecule has 3 rings (SSSR count). The van der Waals surface area contributed by atoms with Crippen LogP contribution >= 0.6 is 0 Å². The molecule has 0 aromatic heterocycles. The molecule has 23 heavy (non-hydrogen) atoms. The summed E-state index contributed by atoms with van der Waals surface area (Å²) in [4.78, 5) is 25.5. The predicted molar refractivity (Wildman–Crippen MR) is 86.3 cm³/mol. The fourth-order valence-corrected chi connectivity index (χ4v) is 2.51. The molecule has 0 spiro atoms. The van der Waals surface area contributed by atoms with Crippen molar-refractivity contribution < 1.29 is 19.1 Å². The Bertz CT molecular complexity index is 773. The molecule has 1 amide bonds. The quantitative estimate of drug-likeness (QED) is 0.858. The monoisotopic (exact) mass is 312 g/mol. The molecule has 1 aliphatic rings. The summed E-state index contributed by atoms with van der Waals surface area (Å²) in [6, 6.07) is 12.3. The maximum Gasteiger partial charge on any atom is 0.300 e. The molecule has 1 N–H and O–H groups in total. The minimum Gasteiger partial charge on any atom is -0.497 e. The van der Waals surface area contributed by atoms with E-state index in [2.05, 4.69) is 5.32 Å². The molecular formula is C17H16N2O4. The lowest BCUT2D eigenvalue weighted by Gasteiger charge is -2.19. The third-order valence-corrected chi connectivity index (χ3v) is 3.72. The van der Waals surface area contributed by atoms with Crippen LogP contribution in [0.15, 0.2) is 42.5 Å². The summed E-state index contributed by atoms with van der Waals surface area (Å²) in [6.07, 6.45) is 0. The van der Waals surface area contributed by atoms with Crippen LogP contribution in [0.5, 0.6) is 11.5 Å². The van der Waals surface area contributed by atoms with Crippen molar-refractivity contribution in [2.24, 2.45) is 0 Å². The van der Waals surface area contributed by atoms with Crippen molar-refractivity contribution in [3.8, 4) is 11.5 Å². The number of nitrogens with one attached hydrogen (secondary N) is 1. The van der Waals surface area contributed by atoms with Gasteiger partial charge in [0.25, 0.3) is 5.78 Å². The van der Waals surface area contributed by atoms with Gasteiger partial charge in [0.05, 0.1) is 37.8 Å². The molecule has 0 bridgehead atoms. The summed E-state index contributed by atoms with van der Waals surface area (Å²) in [5.41, 5.74) is 1.75. The number of benzene rings is 2. The smallest absolute Gasteiger partial charge is 0.300 e. The lowest BCUT2D eigenvalue weighted by atomic mass is 10.1. The summed E-state index contributed by atoms with van der Waals surface area (Å²) in [6.45, 7) is 0.171. The Hall–Kier alpha value is -3.02. The predicted octanol–water partition coefficient (Wildman–Crippen LogP) is 2.30. The molecule has 0 unspecified atom stereocenters. The van der Waals surface area contributed by atoms with Gasteiger partial charge in [0.2, 0.25) is 0 Å². The zero-order valence-corrected chi connectivity index (χ0v) is 12.8. The highest BCUT2D eigenvalue weighted by Gasteiger charge is 2.35. The lowest BCUT2D eigenvalue weighted by Crippen LogP contribution is -2.34. The number of anilines is 2. The number of Topliss-reactive ketones (excluding diaryl/α,β-unsaturated/α-hetero) is 1. The molecule has 118 valence electrons. The molecule has 6 heteroatoms. The molecule has 6 nitrogen and oxygen atoms in total. The van der Waals surface area contributed by atoms with Gasteiger partial charge in [-0.1, -0.05) is 12.1 Å². The van der Waals surface area contributed by atoms with E-state index in [1.807, 2.05) is 0 Å². The first kappa shape index (κ1) is 14.9. The van der Waals surface area contributed by atoms with E-state index in [1.54, 1.807) is 56.7 Å². The Morgan fingerprint density at radius 1 is 1.04 bits per heavy atom. The van der Waals surface area contributed by atoms with Crippen LogP contribution in [0.3, 0.4) is 0 Å². The highest BCUT2D eigenvalue weighted by Crippen LogP contribution is 2.31. The fraction of sp³-hybridized carbons (Fsp3) is 0.176. The number of amides is 1. The minimum atomic E-state index is -0.536. The number of ketones is 1. The van der Waals surface area contributed by atoms with Crippen LogP contribution in [-0.2, 0) is 4.79 Å². The first-order valence-electron chi connectivity index (χ1n) is 7.07. The second-order valence-corrected chi connectivity index (χ2v) is 4.98. The number of hydrogen-bond donors (Lipinski definition) is 1. The molecule has 0 aliphatic carbocycles. The third-order valence-electron chi connectivity index (χ3n) is 3.72. The van der Waals surface area contributed by atoms with Crippen molar-refractivity contribution >= 4 is 23.1 Å². The number of carbonyl (C=O) groups is 2. The molecule has 0 fully saturated rings. The first-order valence-corrected chi connectivity index (χ1v) is 7.07. The van der Waals surface area contributed by atoms with E-state index in [-0.39, 0.29) is 6.67 Å². The van der Waals surface area contributed by atoms with Crippen molar-refractivity contribution in [3.05, 3.63) is 48.0 Å². The SMILES string of the molecule is COc1ccc(NCN2C(=O)C(=O)c3ccccc32)c(OC)c1. The maximum absolute atomic E-state index is 12.1. The van der Waals surface area contributed by atoms with Crippen LogP contribution in [0.25, 0.3) is 0 Å². The van der Waals surface area contributed by atoms with Gasteiger partial charge >= 0.3 is 5.91 Å². The van der Waals surface area contributed by atoms with Gasteiger partial charge in [-0.25, -0.2) is 0 Å². The summed E-state index contributed by atoms with van der Waals surface area (Å²) in [5.74, 6) is 0.246. The van der Waals surface area contributed by atoms with Crippen LogP contribution in [0.1, 0.15) is 10.4 Å². The Balaban J connectivity index is 1.82. The van der Waals surface area contributed by atoms with Gasteiger partial charge in [-0.05, 0) is 24.3 Å². The average molecular weight is 312 g/mol. The zero-order chi connectivity index (χ0) is 16.4. The van der Waals surface area contributed by atoms with E-state index in [9.17, 15) is 9.59 Å². The van der Waals surface area contributed by atoms with E-state index in [1.165, 1.54) is 4.90 Å². The highest BCUT2D eigenvalue weighted by atomic mass is 16.5. The number of nitrogens with zero attached hydrogens (tertiary/aromatic N) is 1. The summed E-state index contributed by atoms with van der Waals surface area (Å²) < 4.78 is 10.5. The number of para-hydroxylation sites is 1. The largest absolute Gasteiger partial charge is 0.497 e. The summed E-state index contributed by atoms with van der Waals surface area (Å²) in [5, 5.41) is 3.12. The van der Waals surface area contributed by atoms with Gasteiger partial charge in [0.1, 0.15) is 11.5 Å². The van der Waals surface area contributed by atoms with E-state index >= 15 is 0 Å². The Labute approximate surface area is 133 Å². The molecule has 0 atom stereocenters. The maximum atomic E-state index is 12.1. The molecule has 0 radical (unpaired) electrons. The van der Waals surface area contributed by atoms with Crippen molar-refractivity contribution in [2.75, 3.05) is 31.1 Å². The van der Waals surface area contributed by atoms with Crippen molar-refractivity contribution in [2.45, 2.75) is 0 Å².